The Labute approximate surface area is 120 Å². The minimum atomic E-state index is -3.71. The Morgan fingerprint density at radius 2 is 2.00 bits per heavy atom. The zero-order valence-corrected chi connectivity index (χ0v) is 12.7. The van der Waals surface area contributed by atoms with Crippen molar-refractivity contribution in [1.82, 2.24) is 0 Å². The van der Waals surface area contributed by atoms with Crippen LogP contribution in [0.15, 0.2) is 23.1 Å². The third-order valence-electron chi connectivity index (χ3n) is 2.69. The molecule has 0 saturated carbocycles. The molecule has 0 heterocycles. The van der Waals surface area contributed by atoms with E-state index in [1.807, 2.05) is 13.8 Å². The number of nitrogens with two attached hydrogens (primary N) is 2. The second-order valence-corrected chi connectivity index (χ2v) is 6.41. The maximum atomic E-state index is 11.2. The van der Waals surface area contributed by atoms with E-state index < -0.39 is 10.0 Å². The predicted octanol–water partition coefficient (Wildman–Crippen LogP) is 1.53. The Kier molecular flexibility index (Phi) is 6.25. The summed E-state index contributed by atoms with van der Waals surface area (Å²) < 4.78 is 27.8. The smallest absolute Gasteiger partial charge is 0.238 e. The molecule has 0 atom stereocenters. The lowest BCUT2D eigenvalue weighted by molar-refractivity contribution is 0.0765. The number of hydrogen-bond acceptors (Lipinski definition) is 5. The van der Waals surface area contributed by atoms with Crippen LogP contribution in [0.3, 0.4) is 0 Å². The van der Waals surface area contributed by atoms with Crippen LogP contribution in [0, 0.1) is 0 Å². The maximum Gasteiger partial charge on any atom is 0.238 e. The summed E-state index contributed by atoms with van der Waals surface area (Å²) in [6, 6.07) is 4.43. The molecule has 7 heteroatoms. The SMILES string of the molecule is CC(C)OCCCCNc1ccc(S(N)(=O)=O)cc1N. The Morgan fingerprint density at radius 3 is 2.55 bits per heavy atom. The maximum absolute atomic E-state index is 11.2. The van der Waals surface area contributed by atoms with Gasteiger partial charge in [0.1, 0.15) is 0 Å². The van der Waals surface area contributed by atoms with Crippen LogP contribution in [0.25, 0.3) is 0 Å². The third kappa shape index (κ3) is 5.77. The number of anilines is 2. The van der Waals surface area contributed by atoms with E-state index in [0.717, 1.165) is 26.0 Å². The van der Waals surface area contributed by atoms with Gasteiger partial charge in [-0.2, -0.15) is 0 Å². The molecule has 0 spiro atoms. The average Bonchev–Trinajstić information content (AvgIpc) is 2.33. The Morgan fingerprint density at radius 1 is 1.30 bits per heavy atom. The highest BCUT2D eigenvalue weighted by Crippen LogP contribution is 2.21. The fourth-order valence-electron chi connectivity index (χ4n) is 1.65. The molecule has 1 aromatic carbocycles. The van der Waals surface area contributed by atoms with Gasteiger partial charge in [-0.05, 0) is 44.9 Å². The van der Waals surface area contributed by atoms with Gasteiger partial charge >= 0.3 is 0 Å². The monoisotopic (exact) mass is 301 g/mol. The van der Waals surface area contributed by atoms with E-state index in [4.69, 9.17) is 15.6 Å². The first-order valence-electron chi connectivity index (χ1n) is 6.58. The lowest BCUT2D eigenvalue weighted by Gasteiger charge is -2.11. The topological polar surface area (TPSA) is 107 Å². The minimum absolute atomic E-state index is 0.0193. The molecule has 1 aromatic rings. The highest BCUT2D eigenvalue weighted by molar-refractivity contribution is 7.89. The summed E-state index contributed by atoms with van der Waals surface area (Å²) in [4.78, 5) is 0.0193. The largest absolute Gasteiger partial charge is 0.397 e. The minimum Gasteiger partial charge on any atom is -0.397 e. The van der Waals surface area contributed by atoms with E-state index in [1.54, 1.807) is 6.07 Å². The van der Waals surface area contributed by atoms with Crippen LogP contribution in [0.5, 0.6) is 0 Å². The van der Waals surface area contributed by atoms with E-state index in [9.17, 15) is 8.42 Å². The second kappa shape index (κ2) is 7.47. The first-order valence-corrected chi connectivity index (χ1v) is 8.13. The van der Waals surface area contributed by atoms with Gasteiger partial charge in [0.25, 0.3) is 0 Å². The van der Waals surface area contributed by atoms with E-state index in [1.165, 1.54) is 12.1 Å². The summed E-state index contributed by atoms with van der Waals surface area (Å²) in [5.74, 6) is 0. The number of nitrogen functional groups attached to an aromatic ring is 1. The zero-order chi connectivity index (χ0) is 15.2. The molecule has 1 rings (SSSR count). The summed E-state index contributed by atoms with van der Waals surface area (Å²) in [6.45, 7) is 5.50. The highest BCUT2D eigenvalue weighted by atomic mass is 32.2. The predicted molar refractivity (Wildman–Crippen MR) is 81.0 cm³/mol. The van der Waals surface area contributed by atoms with Gasteiger partial charge in [-0.1, -0.05) is 0 Å². The number of primary sulfonamides is 1. The molecule has 0 aliphatic rings. The highest BCUT2D eigenvalue weighted by Gasteiger charge is 2.09. The van der Waals surface area contributed by atoms with E-state index >= 15 is 0 Å². The third-order valence-corrected chi connectivity index (χ3v) is 3.60. The van der Waals surface area contributed by atoms with Crippen LogP contribution in [-0.2, 0) is 14.8 Å². The first-order chi connectivity index (χ1) is 9.30. The van der Waals surface area contributed by atoms with Crippen LogP contribution in [0.1, 0.15) is 26.7 Å². The van der Waals surface area contributed by atoms with Crippen molar-refractivity contribution in [2.24, 2.45) is 5.14 Å². The van der Waals surface area contributed by atoms with Crippen molar-refractivity contribution in [2.45, 2.75) is 37.7 Å². The molecule has 0 aliphatic heterocycles. The Bertz CT molecular complexity index is 530. The van der Waals surface area contributed by atoms with Gasteiger partial charge in [0.05, 0.1) is 22.4 Å². The first kappa shape index (κ1) is 16.7. The van der Waals surface area contributed by atoms with Crippen molar-refractivity contribution in [3.63, 3.8) is 0 Å². The van der Waals surface area contributed by atoms with Gasteiger partial charge in [0, 0.05) is 13.2 Å². The number of nitrogens with one attached hydrogen (secondary N) is 1. The number of ether oxygens (including phenoxy) is 1. The molecule has 5 N–H and O–H groups in total. The summed E-state index contributed by atoms with van der Waals surface area (Å²) in [6.07, 6.45) is 2.16. The lowest BCUT2D eigenvalue weighted by atomic mass is 10.2. The van der Waals surface area contributed by atoms with Crippen LogP contribution in [0.2, 0.25) is 0 Å². The van der Waals surface area contributed by atoms with Crippen LogP contribution in [0.4, 0.5) is 11.4 Å². The van der Waals surface area contributed by atoms with E-state index in [-0.39, 0.29) is 11.0 Å². The molecular weight excluding hydrogens is 278 g/mol. The van der Waals surface area contributed by atoms with Gasteiger partial charge in [-0.3, -0.25) is 0 Å². The molecule has 0 aromatic heterocycles. The van der Waals surface area contributed by atoms with Crippen LogP contribution < -0.4 is 16.2 Å². The molecule has 20 heavy (non-hydrogen) atoms. The van der Waals surface area contributed by atoms with E-state index in [0.29, 0.717) is 11.4 Å². The molecule has 0 radical (unpaired) electrons. The van der Waals surface area contributed by atoms with Crippen LogP contribution in [-0.4, -0.2) is 27.7 Å². The molecule has 114 valence electrons. The van der Waals surface area contributed by atoms with Gasteiger partial charge < -0.3 is 15.8 Å². The van der Waals surface area contributed by atoms with Crippen molar-refractivity contribution in [2.75, 3.05) is 24.2 Å². The van der Waals surface area contributed by atoms with Gasteiger partial charge in [0.2, 0.25) is 10.0 Å². The molecule has 0 bridgehead atoms. The average molecular weight is 301 g/mol. The fraction of sp³-hybridized carbons (Fsp3) is 0.538. The molecule has 0 fully saturated rings. The Hall–Kier alpha value is -1.31. The molecule has 6 nitrogen and oxygen atoms in total. The van der Waals surface area contributed by atoms with Crippen molar-refractivity contribution >= 4 is 21.4 Å². The number of sulfonamides is 1. The summed E-state index contributed by atoms with van der Waals surface area (Å²) in [5.41, 5.74) is 6.87. The summed E-state index contributed by atoms with van der Waals surface area (Å²) >= 11 is 0. The summed E-state index contributed by atoms with van der Waals surface area (Å²) in [7, 11) is -3.71. The zero-order valence-electron chi connectivity index (χ0n) is 11.9. The van der Waals surface area contributed by atoms with Crippen LogP contribution >= 0.6 is 0 Å². The molecule has 0 saturated heterocycles. The van der Waals surface area contributed by atoms with E-state index in [2.05, 4.69) is 5.32 Å². The van der Waals surface area contributed by atoms with Crippen molar-refractivity contribution in [3.8, 4) is 0 Å². The van der Waals surface area contributed by atoms with Gasteiger partial charge in [-0.25, -0.2) is 13.6 Å². The van der Waals surface area contributed by atoms with Crippen molar-refractivity contribution in [3.05, 3.63) is 18.2 Å². The van der Waals surface area contributed by atoms with Crippen molar-refractivity contribution < 1.29 is 13.2 Å². The van der Waals surface area contributed by atoms with Gasteiger partial charge in [-0.15, -0.1) is 0 Å². The quantitative estimate of drug-likeness (QED) is 0.498. The normalized spacial score (nSPS) is 11.8. The van der Waals surface area contributed by atoms with Gasteiger partial charge in [0.15, 0.2) is 0 Å². The Balaban J connectivity index is 2.42. The van der Waals surface area contributed by atoms with Crippen molar-refractivity contribution in [1.29, 1.82) is 0 Å². The molecule has 0 unspecified atom stereocenters. The fourth-order valence-corrected chi connectivity index (χ4v) is 2.20. The second-order valence-electron chi connectivity index (χ2n) is 4.85. The number of benzene rings is 1. The molecule has 0 amide bonds. The molecule has 0 aliphatic carbocycles. The standard InChI is InChI=1S/C13H23N3O3S/c1-10(2)19-8-4-3-7-16-13-6-5-11(9-12(13)14)20(15,17)18/h5-6,9-10,16H,3-4,7-8,14H2,1-2H3,(H2,15,17,18). The number of rotatable bonds is 8. The molecular formula is C13H23N3O3S. The number of hydrogen-bond donors (Lipinski definition) is 3. The number of unbranched alkanes of at least 4 members (excludes halogenated alkanes) is 1. The lowest BCUT2D eigenvalue weighted by Crippen LogP contribution is -2.13. The summed E-state index contributed by atoms with van der Waals surface area (Å²) in [5, 5.41) is 8.20.